The lowest BCUT2D eigenvalue weighted by Crippen LogP contribution is -2.48. The van der Waals surface area contributed by atoms with Crippen LogP contribution in [0.5, 0.6) is 0 Å². The lowest BCUT2D eigenvalue weighted by atomic mass is 9.67. The van der Waals surface area contributed by atoms with Gasteiger partial charge in [-0.2, -0.15) is 0 Å². The minimum atomic E-state index is -0.287. The third-order valence-electron chi connectivity index (χ3n) is 5.80. The summed E-state index contributed by atoms with van der Waals surface area (Å²) in [5.74, 6) is 0.824. The fraction of sp³-hybridized carbons (Fsp3) is 0.500. The number of nitrogens with zero attached hydrogens (tertiary/aromatic N) is 1. The number of halogens is 2. The van der Waals surface area contributed by atoms with Crippen LogP contribution in [0, 0.1) is 17.2 Å². The zero-order valence-corrected chi connectivity index (χ0v) is 16.0. The molecule has 2 heterocycles. The van der Waals surface area contributed by atoms with Crippen LogP contribution in [0.4, 0.5) is 4.39 Å². The van der Waals surface area contributed by atoms with Crippen molar-refractivity contribution in [3.63, 3.8) is 0 Å². The standard InChI is InChI=1S/C20H24FN3O2.ClH/c21-16-6-4-14(5-7-16)18-24-17(12-26-18)8-10-23-19(25)20-9-2-1-3-15(20)11-22-13-20;/h4-7,12,15,22H,1-3,8-11,13H2,(H,23,25);1H/t15-,20+;/m0./s1. The lowest BCUT2D eigenvalue weighted by Gasteiger charge is -2.37. The highest BCUT2D eigenvalue weighted by Crippen LogP contribution is 2.43. The third-order valence-corrected chi connectivity index (χ3v) is 5.80. The van der Waals surface area contributed by atoms with Crippen LogP contribution in [0.3, 0.4) is 0 Å². The first-order valence-corrected chi connectivity index (χ1v) is 9.37. The average molecular weight is 394 g/mol. The van der Waals surface area contributed by atoms with E-state index in [1.807, 2.05) is 0 Å². The van der Waals surface area contributed by atoms with Gasteiger partial charge in [0.05, 0.1) is 11.1 Å². The van der Waals surface area contributed by atoms with Gasteiger partial charge in [0.1, 0.15) is 12.1 Å². The molecule has 2 aliphatic rings. The van der Waals surface area contributed by atoms with E-state index in [2.05, 4.69) is 15.6 Å². The molecule has 1 amide bonds. The molecule has 0 unspecified atom stereocenters. The Bertz CT molecular complexity index is 780. The molecule has 1 saturated heterocycles. The van der Waals surface area contributed by atoms with Crippen molar-refractivity contribution in [1.82, 2.24) is 15.6 Å². The van der Waals surface area contributed by atoms with Gasteiger partial charge in [-0.3, -0.25) is 4.79 Å². The van der Waals surface area contributed by atoms with E-state index in [1.165, 1.54) is 18.6 Å². The Morgan fingerprint density at radius 1 is 1.33 bits per heavy atom. The van der Waals surface area contributed by atoms with Crippen molar-refractivity contribution in [2.75, 3.05) is 19.6 Å². The molecule has 7 heteroatoms. The number of fused-ring (bicyclic) bond motifs is 1. The topological polar surface area (TPSA) is 67.2 Å². The van der Waals surface area contributed by atoms with E-state index in [9.17, 15) is 9.18 Å². The number of aromatic nitrogens is 1. The van der Waals surface area contributed by atoms with Gasteiger partial charge in [0.15, 0.2) is 0 Å². The summed E-state index contributed by atoms with van der Waals surface area (Å²) in [5, 5.41) is 6.51. The molecule has 1 aromatic carbocycles. The molecule has 27 heavy (non-hydrogen) atoms. The predicted octanol–water partition coefficient (Wildman–Crippen LogP) is 3.34. The second-order valence-corrected chi connectivity index (χ2v) is 7.39. The minimum absolute atomic E-state index is 0. The summed E-state index contributed by atoms with van der Waals surface area (Å²) in [6.07, 6.45) is 6.70. The minimum Gasteiger partial charge on any atom is -0.444 e. The van der Waals surface area contributed by atoms with E-state index in [4.69, 9.17) is 4.42 Å². The van der Waals surface area contributed by atoms with Gasteiger partial charge in [0.25, 0.3) is 0 Å². The maximum atomic E-state index is 13.0. The first-order valence-electron chi connectivity index (χ1n) is 9.37. The molecule has 4 rings (SSSR count). The van der Waals surface area contributed by atoms with Crippen LogP contribution < -0.4 is 10.6 Å². The molecule has 0 bridgehead atoms. The Morgan fingerprint density at radius 3 is 2.96 bits per heavy atom. The van der Waals surface area contributed by atoms with Gasteiger partial charge in [0.2, 0.25) is 11.8 Å². The van der Waals surface area contributed by atoms with Crippen molar-refractivity contribution in [1.29, 1.82) is 0 Å². The molecule has 146 valence electrons. The highest BCUT2D eigenvalue weighted by atomic mass is 35.5. The molecule has 2 aromatic rings. The number of oxazole rings is 1. The van der Waals surface area contributed by atoms with Gasteiger partial charge in [-0.1, -0.05) is 12.8 Å². The summed E-state index contributed by atoms with van der Waals surface area (Å²) in [5.41, 5.74) is 1.30. The number of nitrogens with one attached hydrogen (secondary N) is 2. The molecule has 1 aromatic heterocycles. The maximum absolute atomic E-state index is 13.0. The SMILES string of the molecule is Cl.O=C(NCCc1coc(-c2ccc(F)cc2)n1)[C@@]12CCCC[C@H]1CNC2. The van der Waals surface area contributed by atoms with Gasteiger partial charge in [-0.25, -0.2) is 9.37 Å². The van der Waals surface area contributed by atoms with Gasteiger partial charge >= 0.3 is 0 Å². The van der Waals surface area contributed by atoms with Crippen LogP contribution >= 0.6 is 12.4 Å². The second kappa shape index (κ2) is 8.40. The van der Waals surface area contributed by atoms with Crippen LogP contribution in [-0.4, -0.2) is 30.5 Å². The zero-order valence-electron chi connectivity index (χ0n) is 15.2. The van der Waals surface area contributed by atoms with Crippen molar-refractivity contribution >= 4 is 18.3 Å². The number of carbonyl (C=O) groups is 1. The van der Waals surface area contributed by atoms with Crippen molar-refractivity contribution < 1.29 is 13.6 Å². The van der Waals surface area contributed by atoms with Gasteiger partial charge in [-0.15, -0.1) is 12.4 Å². The molecule has 1 saturated carbocycles. The summed E-state index contributed by atoms with van der Waals surface area (Å²) < 4.78 is 18.5. The summed E-state index contributed by atoms with van der Waals surface area (Å²) in [6, 6.07) is 6.05. The largest absolute Gasteiger partial charge is 0.444 e. The molecule has 2 fully saturated rings. The van der Waals surface area contributed by atoms with Crippen LogP contribution in [-0.2, 0) is 11.2 Å². The molecule has 2 N–H and O–H groups in total. The molecular weight excluding hydrogens is 369 g/mol. The lowest BCUT2D eigenvalue weighted by molar-refractivity contribution is -0.133. The predicted molar refractivity (Wildman–Crippen MR) is 103 cm³/mol. The van der Waals surface area contributed by atoms with Gasteiger partial charge < -0.3 is 15.1 Å². The number of benzene rings is 1. The van der Waals surface area contributed by atoms with Crippen LogP contribution in [0.25, 0.3) is 11.5 Å². The van der Waals surface area contributed by atoms with Crippen LogP contribution in [0.2, 0.25) is 0 Å². The van der Waals surface area contributed by atoms with Crippen LogP contribution in [0.1, 0.15) is 31.4 Å². The highest BCUT2D eigenvalue weighted by Gasteiger charge is 2.49. The van der Waals surface area contributed by atoms with E-state index in [0.29, 0.717) is 24.8 Å². The molecular formula is C20H25ClFN3O2. The Hall–Kier alpha value is -1.92. The van der Waals surface area contributed by atoms with Gasteiger partial charge in [-0.05, 0) is 49.6 Å². The molecule has 0 radical (unpaired) electrons. The first kappa shape index (κ1) is 19.8. The quantitative estimate of drug-likeness (QED) is 0.817. The highest BCUT2D eigenvalue weighted by molar-refractivity contribution is 5.85. The summed E-state index contributed by atoms with van der Waals surface area (Å²) in [4.78, 5) is 17.3. The third kappa shape index (κ3) is 4.01. The van der Waals surface area contributed by atoms with E-state index in [0.717, 1.165) is 43.6 Å². The van der Waals surface area contributed by atoms with Crippen molar-refractivity contribution in [2.45, 2.75) is 32.1 Å². The summed E-state index contributed by atoms with van der Waals surface area (Å²) >= 11 is 0. The molecule has 1 aliphatic heterocycles. The normalized spacial score (nSPS) is 24.1. The number of hydrogen-bond donors (Lipinski definition) is 2. The summed E-state index contributed by atoms with van der Waals surface area (Å²) in [6.45, 7) is 2.29. The number of hydrogen-bond acceptors (Lipinski definition) is 4. The fourth-order valence-electron chi connectivity index (χ4n) is 4.32. The Morgan fingerprint density at radius 2 is 2.15 bits per heavy atom. The maximum Gasteiger partial charge on any atom is 0.227 e. The van der Waals surface area contributed by atoms with Crippen molar-refractivity contribution in [2.24, 2.45) is 11.3 Å². The second-order valence-electron chi connectivity index (χ2n) is 7.39. The molecule has 1 aliphatic carbocycles. The number of amides is 1. The number of rotatable bonds is 5. The van der Waals surface area contributed by atoms with Crippen LogP contribution in [0.15, 0.2) is 34.9 Å². The average Bonchev–Trinajstić information content (AvgIpc) is 3.30. The van der Waals surface area contributed by atoms with Gasteiger partial charge in [0, 0.05) is 25.1 Å². The smallest absolute Gasteiger partial charge is 0.227 e. The molecule has 0 spiro atoms. The van der Waals surface area contributed by atoms with Crippen molar-refractivity contribution in [3.05, 3.63) is 42.0 Å². The Labute approximate surface area is 164 Å². The van der Waals surface area contributed by atoms with Crippen molar-refractivity contribution in [3.8, 4) is 11.5 Å². The monoisotopic (exact) mass is 393 g/mol. The van der Waals surface area contributed by atoms with E-state index in [-0.39, 0.29) is 29.5 Å². The van der Waals surface area contributed by atoms with E-state index >= 15 is 0 Å². The fourth-order valence-corrected chi connectivity index (χ4v) is 4.32. The summed E-state index contributed by atoms with van der Waals surface area (Å²) in [7, 11) is 0. The zero-order chi connectivity index (χ0) is 18.0. The first-order chi connectivity index (χ1) is 12.7. The Kier molecular flexibility index (Phi) is 6.17. The Balaban J connectivity index is 0.00000210. The van der Waals surface area contributed by atoms with E-state index in [1.54, 1.807) is 18.4 Å². The number of carbonyl (C=O) groups excluding carboxylic acids is 1. The molecule has 5 nitrogen and oxygen atoms in total. The molecule has 2 atom stereocenters. The van der Waals surface area contributed by atoms with E-state index < -0.39 is 0 Å².